The van der Waals surface area contributed by atoms with Crippen LogP contribution in [0.4, 0.5) is 0 Å². The topological polar surface area (TPSA) is 43.1 Å². The average Bonchev–Trinajstić information content (AvgIpc) is 2.84. The van der Waals surface area contributed by atoms with Crippen LogP contribution in [-0.4, -0.2) is 11.5 Å². The predicted molar refractivity (Wildman–Crippen MR) is 63.8 cm³/mol. The first-order valence-electron chi connectivity index (χ1n) is 6.26. The van der Waals surface area contributed by atoms with E-state index >= 15 is 0 Å². The van der Waals surface area contributed by atoms with Gasteiger partial charge in [-0.1, -0.05) is 30.2 Å². The highest BCUT2D eigenvalue weighted by Gasteiger charge is 2.26. The van der Waals surface area contributed by atoms with E-state index in [9.17, 15) is 10.1 Å². The lowest BCUT2D eigenvalue weighted by atomic mass is 9.97. The van der Waals surface area contributed by atoms with E-state index in [0.717, 1.165) is 31.1 Å². The van der Waals surface area contributed by atoms with Crippen molar-refractivity contribution in [2.24, 2.45) is 11.8 Å². The number of allylic oxidation sites excluding steroid dienone is 4. The summed E-state index contributed by atoms with van der Waals surface area (Å²) in [6, 6.07) is 0. The first kappa shape index (κ1) is 11.4. The Morgan fingerprint density at radius 2 is 2.06 bits per heavy atom. The van der Waals surface area contributed by atoms with Crippen LogP contribution in [0.15, 0.2) is 23.8 Å². The molecule has 0 aromatic heterocycles. The highest BCUT2D eigenvalue weighted by Crippen LogP contribution is 2.40. The van der Waals surface area contributed by atoms with E-state index in [0.29, 0.717) is 0 Å². The molecular formula is C13H19NO2. The van der Waals surface area contributed by atoms with Gasteiger partial charge in [0.25, 0.3) is 0 Å². The van der Waals surface area contributed by atoms with E-state index in [1.165, 1.54) is 19.3 Å². The Morgan fingerprint density at radius 3 is 2.69 bits per heavy atom. The molecule has 0 fully saturated rings. The van der Waals surface area contributed by atoms with Gasteiger partial charge in [-0.3, -0.25) is 10.1 Å². The third-order valence-electron chi connectivity index (χ3n) is 3.58. The van der Waals surface area contributed by atoms with Crippen molar-refractivity contribution in [3.05, 3.63) is 33.9 Å². The maximum Gasteiger partial charge on any atom is 0.203 e. The third-order valence-corrected chi connectivity index (χ3v) is 3.58. The van der Waals surface area contributed by atoms with Gasteiger partial charge in [0.2, 0.25) is 6.54 Å². The molecule has 2 unspecified atom stereocenters. The molecule has 2 atom stereocenters. The van der Waals surface area contributed by atoms with Gasteiger partial charge in [0.1, 0.15) is 0 Å². The summed E-state index contributed by atoms with van der Waals surface area (Å²) in [6.07, 6.45) is 13.6. The Labute approximate surface area is 96.4 Å². The fourth-order valence-corrected chi connectivity index (χ4v) is 2.72. The summed E-state index contributed by atoms with van der Waals surface area (Å²) in [7, 11) is 0. The molecule has 0 saturated carbocycles. The Morgan fingerprint density at radius 1 is 1.25 bits per heavy atom. The number of rotatable bonds is 7. The Balaban J connectivity index is 1.53. The summed E-state index contributed by atoms with van der Waals surface area (Å²) >= 11 is 0. The molecule has 0 amide bonds. The molecule has 0 aromatic rings. The monoisotopic (exact) mass is 221 g/mol. The molecule has 0 radical (unpaired) electrons. The van der Waals surface area contributed by atoms with E-state index in [4.69, 9.17) is 0 Å². The number of nitro groups is 1. The van der Waals surface area contributed by atoms with Gasteiger partial charge in [-0.05, 0) is 37.5 Å². The van der Waals surface area contributed by atoms with Crippen LogP contribution in [0.25, 0.3) is 0 Å². The molecule has 0 aliphatic heterocycles. The normalized spacial score (nSPS) is 26.1. The lowest BCUT2D eigenvalue weighted by Crippen LogP contribution is -2.00. The lowest BCUT2D eigenvalue weighted by Gasteiger charge is -2.09. The second kappa shape index (κ2) is 5.28. The van der Waals surface area contributed by atoms with Gasteiger partial charge in [-0.2, -0.15) is 0 Å². The molecule has 3 heteroatoms. The van der Waals surface area contributed by atoms with Crippen LogP contribution in [0, 0.1) is 22.0 Å². The van der Waals surface area contributed by atoms with Gasteiger partial charge < -0.3 is 0 Å². The Bertz CT molecular complexity index is 320. The van der Waals surface area contributed by atoms with Gasteiger partial charge in [-0.15, -0.1) is 0 Å². The van der Waals surface area contributed by atoms with Gasteiger partial charge in [0.05, 0.1) is 0 Å². The molecule has 0 N–H and O–H groups in total. The van der Waals surface area contributed by atoms with Crippen LogP contribution in [-0.2, 0) is 0 Å². The molecule has 2 rings (SSSR count). The van der Waals surface area contributed by atoms with Crippen molar-refractivity contribution in [2.45, 2.75) is 38.5 Å². The zero-order valence-corrected chi connectivity index (χ0v) is 9.60. The van der Waals surface area contributed by atoms with Crippen LogP contribution in [0.5, 0.6) is 0 Å². The van der Waals surface area contributed by atoms with E-state index in [1.807, 2.05) is 0 Å². The van der Waals surface area contributed by atoms with E-state index in [-0.39, 0.29) is 11.5 Å². The third kappa shape index (κ3) is 2.94. The molecule has 16 heavy (non-hydrogen) atoms. The van der Waals surface area contributed by atoms with Crippen LogP contribution in [0.1, 0.15) is 38.5 Å². The number of unbranched alkanes of at least 4 members (excludes halogenated alkanes) is 3. The zero-order chi connectivity index (χ0) is 11.4. The first-order valence-corrected chi connectivity index (χ1v) is 6.26. The predicted octanol–water partition coefficient (Wildman–Crippen LogP) is 3.35. The van der Waals surface area contributed by atoms with Crippen molar-refractivity contribution in [1.29, 1.82) is 0 Å². The first-order chi connectivity index (χ1) is 7.75. The number of fused-ring (bicyclic) bond motifs is 2. The molecule has 88 valence electrons. The van der Waals surface area contributed by atoms with Crippen LogP contribution in [0.3, 0.4) is 0 Å². The highest BCUT2D eigenvalue weighted by atomic mass is 16.6. The summed E-state index contributed by atoms with van der Waals surface area (Å²) in [5.74, 6) is 1.44. The summed E-state index contributed by atoms with van der Waals surface area (Å²) in [5, 5.41) is 10.1. The highest BCUT2D eigenvalue weighted by molar-refractivity contribution is 5.29. The molecule has 0 aromatic carbocycles. The largest absolute Gasteiger partial charge is 0.265 e. The number of hydrogen-bond donors (Lipinski definition) is 0. The molecule has 2 aliphatic carbocycles. The fourth-order valence-electron chi connectivity index (χ4n) is 2.72. The zero-order valence-electron chi connectivity index (χ0n) is 9.60. The van der Waals surface area contributed by atoms with E-state index in [1.54, 1.807) is 5.57 Å². The van der Waals surface area contributed by atoms with E-state index in [2.05, 4.69) is 18.2 Å². The van der Waals surface area contributed by atoms with Crippen LogP contribution < -0.4 is 0 Å². The van der Waals surface area contributed by atoms with Crippen molar-refractivity contribution in [1.82, 2.24) is 0 Å². The molecule has 0 saturated heterocycles. The molecule has 0 heterocycles. The van der Waals surface area contributed by atoms with Crippen molar-refractivity contribution in [3.63, 3.8) is 0 Å². The van der Waals surface area contributed by atoms with Crippen molar-refractivity contribution in [3.8, 4) is 0 Å². The maximum absolute atomic E-state index is 10.1. The summed E-state index contributed by atoms with van der Waals surface area (Å²) in [4.78, 5) is 9.90. The standard InChI is InChI=1S/C13H19NO2/c15-14(16)8-4-2-1-3-5-12-9-11-6-7-13(12)10-11/h6-7,9,11,13H,1-5,8,10H2. The second-order valence-electron chi connectivity index (χ2n) is 4.85. The van der Waals surface area contributed by atoms with Crippen molar-refractivity contribution in [2.75, 3.05) is 6.54 Å². The molecule has 3 nitrogen and oxygen atoms in total. The summed E-state index contributed by atoms with van der Waals surface area (Å²) in [6.45, 7) is 0.135. The van der Waals surface area contributed by atoms with Gasteiger partial charge >= 0.3 is 0 Å². The summed E-state index contributed by atoms with van der Waals surface area (Å²) in [5.41, 5.74) is 1.61. The van der Waals surface area contributed by atoms with E-state index < -0.39 is 0 Å². The van der Waals surface area contributed by atoms with Gasteiger partial charge in [-0.25, -0.2) is 0 Å². The summed E-state index contributed by atoms with van der Waals surface area (Å²) < 4.78 is 0. The van der Waals surface area contributed by atoms with Crippen LogP contribution >= 0.6 is 0 Å². The lowest BCUT2D eigenvalue weighted by molar-refractivity contribution is -0.480. The minimum Gasteiger partial charge on any atom is -0.265 e. The van der Waals surface area contributed by atoms with Gasteiger partial charge in [0.15, 0.2) is 0 Å². The molecule has 2 bridgehead atoms. The molecule has 2 aliphatic rings. The minimum atomic E-state index is -0.219. The molecule has 0 spiro atoms. The van der Waals surface area contributed by atoms with Crippen molar-refractivity contribution < 1.29 is 4.92 Å². The SMILES string of the molecule is O=[N+]([O-])CCCCCCC1=CC2C=CC1C2. The quantitative estimate of drug-likeness (QED) is 0.286. The minimum absolute atomic E-state index is 0.135. The van der Waals surface area contributed by atoms with Gasteiger partial charge in [0, 0.05) is 11.3 Å². The van der Waals surface area contributed by atoms with Crippen molar-refractivity contribution >= 4 is 0 Å². The van der Waals surface area contributed by atoms with Crippen LogP contribution in [0.2, 0.25) is 0 Å². The maximum atomic E-state index is 10.1. The second-order valence-corrected chi connectivity index (χ2v) is 4.85. The number of hydrogen-bond acceptors (Lipinski definition) is 2. The Hall–Kier alpha value is -1.12. The molecular weight excluding hydrogens is 202 g/mol. The Kier molecular flexibility index (Phi) is 3.75. The number of nitrogens with zero attached hydrogens (tertiary/aromatic N) is 1. The fraction of sp³-hybridized carbons (Fsp3) is 0.692. The smallest absolute Gasteiger partial charge is 0.203 e. The average molecular weight is 221 g/mol.